The van der Waals surface area contributed by atoms with Crippen LogP contribution in [0.15, 0.2) is 54.9 Å². The highest BCUT2D eigenvalue weighted by Crippen LogP contribution is 2.41. The molecule has 24 heavy (non-hydrogen) atoms. The van der Waals surface area contributed by atoms with Gasteiger partial charge in [0.2, 0.25) is 0 Å². The summed E-state index contributed by atoms with van der Waals surface area (Å²) in [6.45, 7) is 0. The second-order valence-electron chi connectivity index (χ2n) is 6.38. The number of rotatable bonds is 4. The van der Waals surface area contributed by atoms with Crippen molar-refractivity contribution in [3.63, 3.8) is 0 Å². The van der Waals surface area contributed by atoms with E-state index in [1.54, 1.807) is 6.33 Å². The van der Waals surface area contributed by atoms with Crippen LogP contribution in [0.25, 0.3) is 11.4 Å². The standard InChI is InChI=1S/C19H19ClN4/c1-24-12-21-23-19(24)13-5-4-6-15(9-13)22-16-10-14(11-16)17-7-2-3-8-18(17)20/h2-9,12,14,16,22H,10-11H2,1H3. The molecule has 1 aromatic heterocycles. The molecule has 1 N–H and O–H groups in total. The van der Waals surface area contributed by atoms with Gasteiger partial charge in [-0.05, 0) is 42.5 Å². The van der Waals surface area contributed by atoms with Crippen LogP contribution in [0.4, 0.5) is 5.69 Å². The minimum Gasteiger partial charge on any atom is -0.382 e. The highest BCUT2D eigenvalue weighted by atomic mass is 35.5. The van der Waals surface area contributed by atoms with Crippen LogP contribution in [0.2, 0.25) is 5.02 Å². The van der Waals surface area contributed by atoms with Crippen molar-refractivity contribution in [3.05, 3.63) is 65.4 Å². The highest BCUT2D eigenvalue weighted by Gasteiger charge is 2.31. The lowest BCUT2D eigenvalue weighted by Crippen LogP contribution is -2.34. The molecule has 0 radical (unpaired) electrons. The van der Waals surface area contributed by atoms with E-state index in [2.05, 4.69) is 51.9 Å². The summed E-state index contributed by atoms with van der Waals surface area (Å²) < 4.78 is 1.93. The molecule has 5 heteroatoms. The first kappa shape index (κ1) is 15.2. The minimum absolute atomic E-state index is 0.487. The van der Waals surface area contributed by atoms with Gasteiger partial charge in [0.15, 0.2) is 5.82 Å². The minimum atomic E-state index is 0.487. The van der Waals surface area contributed by atoms with Gasteiger partial charge in [-0.3, -0.25) is 0 Å². The molecule has 2 aromatic carbocycles. The molecule has 1 saturated carbocycles. The third kappa shape index (κ3) is 2.89. The largest absolute Gasteiger partial charge is 0.382 e. The lowest BCUT2D eigenvalue weighted by atomic mass is 9.76. The third-order valence-corrected chi connectivity index (χ3v) is 5.03. The zero-order valence-corrected chi connectivity index (χ0v) is 14.2. The van der Waals surface area contributed by atoms with Gasteiger partial charge in [-0.15, -0.1) is 10.2 Å². The van der Waals surface area contributed by atoms with Crippen LogP contribution in [-0.4, -0.2) is 20.8 Å². The fraction of sp³-hybridized carbons (Fsp3) is 0.263. The normalized spacial score (nSPS) is 19.8. The molecule has 1 aliphatic carbocycles. The van der Waals surface area contributed by atoms with Crippen LogP contribution in [0.1, 0.15) is 24.3 Å². The Morgan fingerprint density at radius 1 is 1.12 bits per heavy atom. The van der Waals surface area contributed by atoms with Crippen LogP contribution < -0.4 is 5.32 Å². The molecule has 1 fully saturated rings. The molecule has 0 unspecified atom stereocenters. The maximum absolute atomic E-state index is 6.30. The van der Waals surface area contributed by atoms with Crippen molar-refractivity contribution in [2.75, 3.05) is 5.32 Å². The summed E-state index contributed by atoms with van der Waals surface area (Å²) in [5.41, 5.74) is 3.46. The maximum atomic E-state index is 6.30. The van der Waals surface area contributed by atoms with E-state index in [1.807, 2.05) is 23.7 Å². The number of hydrogen-bond donors (Lipinski definition) is 1. The first-order chi connectivity index (χ1) is 11.7. The summed E-state index contributed by atoms with van der Waals surface area (Å²) >= 11 is 6.30. The van der Waals surface area contributed by atoms with Crippen LogP contribution >= 0.6 is 11.6 Å². The lowest BCUT2D eigenvalue weighted by molar-refractivity contribution is 0.374. The summed E-state index contributed by atoms with van der Waals surface area (Å²) in [4.78, 5) is 0. The van der Waals surface area contributed by atoms with Crippen molar-refractivity contribution in [1.29, 1.82) is 0 Å². The number of aromatic nitrogens is 3. The zero-order chi connectivity index (χ0) is 16.5. The van der Waals surface area contributed by atoms with Crippen molar-refractivity contribution in [3.8, 4) is 11.4 Å². The Hall–Kier alpha value is -2.33. The molecule has 4 rings (SSSR count). The number of nitrogens with one attached hydrogen (secondary N) is 1. The second-order valence-corrected chi connectivity index (χ2v) is 6.78. The Morgan fingerprint density at radius 2 is 1.96 bits per heavy atom. The molecule has 1 aliphatic rings. The Morgan fingerprint density at radius 3 is 2.71 bits per heavy atom. The number of anilines is 1. The molecule has 4 nitrogen and oxygen atoms in total. The van der Waals surface area contributed by atoms with E-state index in [0.29, 0.717) is 12.0 Å². The summed E-state index contributed by atoms with van der Waals surface area (Å²) in [5.74, 6) is 1.43. The average molecular weight is 339 g/mol. The predicted molar refractivity (Wildman–Crippen MR) is 97.3 cm³/mol. The zero-order valence-electron chi connectivity index (χ0n) is 13.5. The van der Waals surface area contributed by atoms with Gasteiger partial charge in [0.25, 0.3) is 0 Å². The van der Waals surface area contributed by atoms with Crippen molar-refractivity contribution in [2.24, 2.45) is 7.05 Å². The van der Waals surface area contributed by atoms with E-state index < -0.39 is 0 Å². The van der Waals surface area contributed by atoms with Crippen molar-refractivity contribution in [1.82, 2.24) is 14.8 Å². The van der Waals surface area contributed by atoms with E-state index in [4.69, 9.17) is 11.6 Å². The van der Waals surface area contributed by atoms with Crippen LogP contribution in [0, 0.1) is 0 Å². The average Bonchev–Trinajstić information content (AvgIpc) is 2.98. The van der Waals surface area contributed by atoms with Gasteiger partial charge in [0.1, 0.15) is 6.33 Å². The number of aryl methyl sites for hydroxylation is 1. The van der Waals surface area contributed by atoms with Crippen LogP contribution in [0.3, 0.4) is 0 Å². The summed E-state index contributed by atoms with van der Waals surface area (Å²) in [5, 5.41) is 12.6. The Kier molecular flexibility index (Phi) is 3.98. The number of halogens is 1. The van der Waals surface area contributed by atoms with Gasteiger partial charge in [-0.2, -0.15) is 0 Å². The number of benzene rings is 2. The van der Waals surface area contributed by atoms with Gasteiger partial charge in [0, 0.05) is 29.4 Å². The van der Waals surface area contributed by atoms with Crippen molar-refractivity contribution >= 4 is 17.3 Å². The summed E-state index contributed by atoms with van der Waals surface area (Å²) in [6.07, 6.45) is 3.94. The maximum Gasteiger partial charge on any atom is 0.163 e. The number of hydrogen-bond acceptors (Lipinski definition) is 3. The van der Waals surface area contributed by atoms with E-state index in [-0.39, 0.29) is 0 Å². The lowest BCUT2D eigenvalue weighted by Gasteiger charge is -2.37. The first-order valence-corrected chi connectivity index (χ1v) is 8.54. The SMILES string of the molecule is Cn1cnnc1-c1cccc(NC2CC(c3ccccc3Cl)C2)c1. The molecule has 0 amide bonds. The molecule has 3 aromatic rings. The van der Waals surface area contributed by atoms with Crippen molar-refractivity contribution < 1.29 is 0 Å². The monoisotopic (exact) mass is 338 g/mol. The highest BCUT2D eigenvalue weighted by molar-refractivity contribution is 6.31. The van der Waals surface area contributed by atoms with E-state index in [9.17, 15) is 0 Å². The molecule has 1 heterocycles. The van der Waals surface area contributed by atoms with Gasteiger partial charge < -0.3 is 9.88 Å². The molecule has 0 atom stereocenters. The topological polar surface area (TPSA) is 42.7 Å². The molecular formula is C19H19ClN4. The fourth-order valence-electron chi connectivity index (χ4n) is 3.32. The molecule has 0 aliphatic heterocycles. The molecule has 0 saturated heterocycles. The molecule has 0 spiro atoms. The van der Waals surface area contributed by atoms with Gasteiger partial charge in [-0.1, -0.05) is 41.9 Å². The first-order valence-electron chi connectivity index (χ1n) is 8.16. The smallest absolute Gasteiger partial charge is 0.163 e. The fourth-order valence-corrected chi connectivity index (χ4v) is 3.61. The third-order valence-electron chi connectivity index (χ3n) is 4.69. The molecular weight excluding hydrogens is 320 g/mol. The Bertz CT molecular complexity index is 852. The van der Waals surface area contributed by atoms with Crippen LogP contribution in [-0.2, 0) is 7.05 Å². The summed E-state index contributed by atoms with van der Waals surface area (Å²) in [7, 11) is 1.95. The van der Waals surface area contributed by atoms with Crippen LogP contribution in [0.5, 0.6) is 0 Å². The van der Waals surface area contributed by atoms with Gasteiger partial charge in [-0.25, -0.2) is 0 Å². The van der Waals surface area contributed by atoms with E-state index in [0.717, 1.165) is 34.9 Å². The summed E-state index contributed by atoms with van der Waals surface area (Å²) in [6, 6.07) is 17.0. The van der Waals surface area contributed by atoms with Crippen molar-refractivity contribution in [2.45, 2.75) is 24.8 Å². The molecule has 0 bridgehead atoms. The van der Waals surface area contributed by atoms with Gasteiger partial charge >= 0.3 is 0 Å². The Balaban J connectivity index is 1.43. The predicted octanol–water partition coefficient (Wildman–Crippen LogP) is 4.49. The second kappa shape index (κ2) is 6.29. The quantitative estimate of drug-likeness (QED) is 0.762. The number of nitrogens with zero attached hydrogens (tertiary/aromatic N) is 3. The van der Waals surface area contributed by atoms with Gasteiger partial charge in [0.05, 0.1) is 0 Å². The molecule has 122 valence electrons. The Labute approximate surface area is 146 Å². The van der Waals surface area contributed by atoms with E-state index in [1.165, 1.54) is 5.56 Å². The van der Waals surface area contributed by atoms with E-state index >= 15 is 0 Å².